The van der Waals surface area contributed by atoms with Crippen molar-refractivity contribution in [3.8, 4) is 10.6 Å². The second-order valence-corrected chi connectivity index (χ2v) is 9.82. The Morgan fingerprint density at radius 2 is 1.81 bits per heavy atom. The molecule has 1 fully saturated rings. The summed E-state index contributed by atoms with van der Waals surface area (Å²) < 4.78 is 41.3. The van der Waals surface area contributed by atoms with Crippen LogP contribution in [0.3, 0.4) is 0 Å². The average molecular weight is 484 g/mol. The number of nitrogens with one attached hydrogen (secondary N) is 1. The molecule has 5 nitrogen and oxygen atoms in total. The minimum absolute atomic E-state index is 0.0588. The van der Waals surface area contributed by atoms with Crippen LogP contribution in [-0.4, -0.2) is 40.2 Å². The maximum absolute atomic E-state index is 13.0. The van der Waals surface area contributed by atoms with Gasteiger partial charge in [0, 0.05) is 23.5 Å². The molecule has 1 N–H and O–H groups in total. The molecule has 31 heavy (non-hydrogen) atoms. The van der Waals surface area contributed by atoms with Crippen molar-refractivity contribution in [3.05, 3.63) is 52.2 Å². The van der Waals surface area contributed by atoms with Gasteiger partial charge in [-0.15, -0.1) is 11.3 Å². The smallest absolute Gasteiger partial charge is 0.298 e. The first-order valence-corrected chi connectivity index (χ1v) is 11.8. The van der Waals surface area contributed by atoms with Gasteiger partial charge >= 0.3 is 6.18 Å². The molecule has 3 heterocycles. The number of Topliss-reactive ketones (excluding diaryl/α,β-unsaturated/α-hetero) is 1. The van der Waals surface area contributed by atoms with Crippen molar-refractivity contribution in [1.29, 1.82) is 0 Å². The molecular formula is C20H16F3N3O2S3. The summed E-state index contributed by atoms with van der Waals surface area (Å²) in [6, 6.07) is 10.2. The SMILES string of the molecule is O=C(Nc1nc(-c2cccs2)c(C(=O)C(F)(F)F)s1)c1ccc(SN2CCCC2)cc1. The van der Waals surface area contributed by atoms with Gasteiger partial charge in [-0.2, -0.15) is 13.2 Å². The highest BCUT2D eigenvalue weighted by Gasteiger charge is 2.42. The summed E-state index contributed by atoms with van der Waals surface area (Å²) in [6.45, 7) is 2.06. The van der Waals surface area contributed by atoms with Gasteiger partial charge in [0.25, 0.3) is 11.7 Å². The minimum Gasteiger partial charge on any atom is -0.298 e. The minimum atomic E-state index is -5.03. The van der Waals surface area contributed by atoms with Crippen LogP contribution in [0, 0.1) is 0 Å². The Bertz CT molecular complexity index is 1070. The summed E-state index contributed by atoms with van der Waals surface area (Å²) in [5.41, 5.74) is 0.275. The number of anilines is 1. The van der Waals surface area contributed by atoms with E-state index in [1.165, 1.54) is 24.2 Å². The van der Waals surface area contributed by atoms with Crippen molar-refractivity contribution in [1.82, 2.24) is 9.29 Å². The van der Waals surface area contributed by atoms with E-state index in [1.54, 1.807) is 41.6 Å². The van der Waals surface area contributed by atoms with Crippen LogP contribution in [0.5, 0.6) is 0 Å². The Hall–Kier alpha value is -2.21. The van der Waals surface area contributed by atoms with E-state index in [0.29, 0.717) is 21.8 Å². The summed E-state index contributed by atoms with van der Waals surface area (Å²) >= 11 is 3.32. The molecule has 3 aromatic rings. The van der Waals surface area contributed by atoms with Gasteiger partial charge in [-0.3, -0.25) is 14.9 Å². The number of ketones is 1. The van der Waals surface area contributed by atoms with E-state index in [2.05, 4.69) is 14.6 Å². The predicted octanol–water partition coefficient (Wildman–Crippen LogP) is 5.97. The Kier molecular flexibility index (Phi) is 6.47. The first kappa shape index (κ1) is 22.0. The van der Waals surface area contributed by atoms with Gasteiger partial charge in [-0.05, 0) is 60.5 Å². The van der Waals surface area contributed by atoms with Gasteiger partial charge in [0.05, 0.1) is 4.88 Å². The van der Waals surface area contributed by atoms with Crippen molar-refractivity contribution in [2.24, 2.45) is 0 Å². The number of thiophene rings is 1. The Labute approximate surface area is 188 Å². The van der Waals surface area contributed by atoms with E-state index >= 15 is 0 Å². The molecule has 162 valence electrons. The zero-order valence-corrected chi connectivity index (χ0v) is 18.4. The van der Waals surface area contributed by atoms with E-state index in [1.807, 2.05) is 12.1 Å². The lowest BCUT2D eigenvalue weighted by Gasteiger charge is -2.13. The summed E-state index contributed by atoms with van der Waals surface area (Å²) in [4.78, 5) is 29.4. The summed E-state index contributed by atoms with van der Waals surface area (Å²) in [5, 5.41) is 4.13. The third-order valence-corrected chi connectivity index (χ3v) is 7.43. The zero-order valence-electron chi connectivity index (χ0n) is 15.9. The third kappa shape index (κ3) is 5.17. The molecule has 0 unspecified atom stereocenters. The van der Waals surface area contributed by atoms with Crippen LogP contribution in [0.15, 0.2) is 46.7 Å². The Balaban J connectivity index is 1.52. The van der Waals surface area contributed by atoms with Crippen LogP contribution in [0.4, 0.5) is 18.3 Å². The highest BCUT2D eigenvalue weighted by atomic mass is 32.2. The lowest BCUT2D eigenvalue weighted by molar-refractivity contribution is -0.0882. The lowest BCUT2D eigenvalue weighted by atomic mass is 10.2. The first-order valence-electron chi connectivity index (χ1n) is 9.32. The highest BCUT2D eigenvalue weighted by molar-refractivity contribution is 7.97. The number of carbonyl (C=O) groups excluding carboxylic acids is 2. The molecule has 11 heteroatoms. The van der Waals surface area contributed by atoms with Gasteiger partial charge in [0.15, 0.2) is 5.13 Å². The van der Waals surface area contributed by atoms with Gasteiger partial charge < -0.3 is 0 Å². The van der Waals surface area contributed by atoms with E-state index in [0.717, 1.165) is 18.0 Å². The fraction of sp³-hybridized carbons (Fsp3) is 0.250. The molecule has 1 aromatic carbocycles. The van der Waals surface area contributed by atoms with Crippen molar-refractivity contribution in [3.63, 3.8) is 0 Å². The molecule has 1 aliphatic heterocycles. The zero-order chi connectivity index (χ0) is 22.0. The largest absolute Gasteiger partial charge is 0.455 e. The van der Waals surface area contributed by atoms with Crippen LogP contribution in [-0.2, 0) is 0 Å². The monoisotopic (exact) mass is 483 g/mol. The summed E-state index contributed by atoms with van der Waals surface area (Å²) in [6.07, 6.45) is -2.68. The maximum Gasteiger partial charge on any atom is 0.455 e. The van der Waals surface area contributed by atoms with E-state index < -0.39 is 22.7 Å². The summed E-state index contributed by atoms with van der Waals surface area (Å²) in [7, 11) is 0. The van der Waals surface area contributed by atoms with Crippen LogP contribution < -0.4 is 5.32 Å². The maximum atomic E-state index is 13.0. The molecule has 0 saturated carbocycles. The number of carbonyl (C=O) groups is 2. The fourth-order valence-electron chi connectivity index (χ4n) is 3.00. The number of nitrogens with zero attached hydrogens (tertiary/aromatic N) is 2. The van der Waals surface area contributed by atoms with Gasteiger partial charge in [0.2, 0.25) is 0 Å². The number of rotatable bonds is 6. The third-order valence-electron chi connectivity index (χ3n) is 4.48. The van der Waals surface area contributed by atoms with Crippen LogP contribution in [0.25, 0.3) is 10.6 Å². The quantitative estimate of drug-likeness (QED) is 0.346. The van der Waals surface area contributed by atoms with E-state index in [9.17, 15) is 22.8 Å². The van der Waals surface area contributed by atoms with E-state index in [4.69, 9.17) is 0 Å². The topological polar surface area (TPSA) is 62.3 Å². The second-order valence-electron chi connectivity index (χ2n) is 6.71. The van der Waals surface area contributed by atoms with Gasteiger partial charge in [-0.25, -0.2) is 9.29 Å². The molecule has 1 aliphatic rings. The molecule has 1 amide bonds. The number of hydrogen-bond acceptors (Lipinski definition) is 7. The normalized spacial score (nSPS) is 14.7. The number of halogens is 3. The average Bonchev–Trinajstić information content (AvgIpc) is 3.49. The molecule has 0 spiro atoms. The highest BCUT2D eigenvalue weighted by Crippen LogP contribution is 2.37. The molecule has 0 radical (unpaired) electrons. The molecule has 0 aliphatic carbocycles. The Morgan fingerprint density at radius 1 is 1.10 bits per heavy atom. The van der Waals surface area contributed by atoms with Crippen LogP contribution in [0.2, 0.25) is 0 Å². The number of benzene rings is 1. The molecular weight excluding hydrogens is 467 g/mol. The molecule has 4 rings (SSSR count). The first-order chi connectivity index (χ1) is 14.8. The van der Waals surface area contributed by atoms with Gasteiger partial charge in [-0.1, -0.05) is 17.4 Å². The molecule has 1 saturated heterocycles. The Morgan fingerprint density at radius 3 is 2.42 bits per heavy atom. The van der Waals surface area contributed by atoms with Gasteiger partial charge in [0.1, 0.15) is 10.6 Å². The van der Waals surface area contributed by atoms with Crippen molar-refractivity contribution in [2.45, 2.75) is 23.9 Å². The summed E-state index contributed by atoms with van der Waals surface area (Å²) in [5.74, 6) is -2.48. The number of amides is 1. The number of alkyl halides is 3. The van der Waals surface area contributed by atoms with Crippen molar-refractivity contribution < 1.29 is 22.8 Å². The van der Waals surface area contributed by atoms with Crippen molar-refractivity contribution >= 4 is 51.4 Å². The molecule has 0 atom stereocenters. The van der Waals surface area contributed by atoms with Crippen LogP contribution >= 0.6 is 34.6 Å². The second kappa shape index (κ2) is 9.11. The number of hydrogen-bond donors (Lipinski definition) is 1. The van der Waals surface area contributed by atoms with E-state index in [-0.39, 0.29) is 10.8 Å². The standard InChI is InChI=1S/C20H16F3N3O2S3/c21-20(22,23)17(27)16-15(14-4-3-11-29-14)24-19(30-16)25-18(28)12-5-7-13(8-6-12)31-26-9-1-2-10-26/h3-8,11H,1-2,9-10H2,(H,24,25,28). The lowest BCUT2D eigenvalue weighted by Crippen LogP contribution is -2.22. The number of thiazole rings is 1. The molecule has 2 aromatic heterocycles. The number of aromatic nitrogens is 1. The fourth-order valence-corrected chi connectivity index (χ4v) is 5.72. The predicted molar refractivity (Wildman–Crippen MR) is 117 cm³/mol. The molecule has 0 bridgehead atoms. The van der Waals surface area contributed by atoms with Crippen LogP contribution in [0.1, 0.15) is 32.9 Å². The van der Waals surface area contributed by atoms with Crippen molar-refractivity contribution in [2.75, 3.05) is 18.4 Å².